The highest BCUT2D eigenvalue weighted by molar-refractivity contribution is 7.80. The summed E-state index contributed by atoms with van der Waals surface area (Å²) in [5, 5.41) is 16.7. The number of carbonyl (C=O) groups excluding carboxylic acids is 1. The Morgan fingerprint density at radius 2 is 1.76 bits per heavy atom. The van der Waals surface area contributed by atoms with E-state index < -0.39 is 5.97 Å². The summed E-state index contributed by atoms with van der Waals surface area (Å²) in [6.45, 7) is 8.40. The van der Waals surface area contributed by atoms with Gasteiger partial charge in [0.05, 0.1) is 23.3 Å². The van der Waals surface area contributed by atoms with Crippen molar-refractivity contribution in [3.8, 4) is 5.69 Å². The highest BCUT2D eigenvalue weighted by atomic mass is 32.1. The molecular formula is C32H33N5O3S. The summed E-state index contributed by atoms with van der Waals surface area (Å²) in [6, 6.07) is 20.3. The van der Waals surface area contributed by atoms with Crippen LogP contribution < -0.4 is 10.6 Å². The van der Waals surface area contributed by atoms with Gasteiger partial charge in [-0.15, -0.1) is 0 Å². The summed E-state index contributed by atoms with van der Waals surface area (Å²) >= 11 is 5.82. The number of anilines is 1. The Morgan fingerprint density at radius 1 is 1.00 bits per heavy atom. The van der Waals surface area contributed by atoms with Gasteiger partial charge >= 0.3 is 5.97 Å². The number of carboxylic acids is 1. The second-order valence-corrected chi connectivity index (χ2v) is 10.8. The van der Waals surface area contributed by atoms with Gasteiger partial charge in [0.25, 0.3) is 0 Å². The summed E-state index contributed by atoms with van der Waals surface area (Å²) < 4.78 is 2.09. The average molecular weight is 568 g/mol. The molecule has 1 aliphatic rings. The molecular weight excluding hydrogens is 534 g/mol. The Balaban J connectivity index is 1.51. The van der Waals surface area contributed by atoms with Crippen molar-refractivity contribution in [3.63, 3.8) is 0 Å². The number of nitrogens with one attached hydrogen (secondary N) is 2. The zero-order chi connectivity index (χ0) is 29.3. The van der Waals surface area contributed by atoms with Crippen molar-refractivity contribution in [2.75, 3.05) is 11.9 Å². The standard InChI is InChI=1S/C32H33N5O3S/c1-19-9-5-6-10-25(19)34-28(38)14-16-36-30(29(35-32(36)41)26-11-7-8-15-33-26)24-17-21(3)37(22(24)4)27-18-23(31(39)40)13-12-20(27)2/h5-13,15,17-18,29-30H,14,16H2,1-4H3,(H,34,38)(H,35,41)(H,39,40)/t29-,30+/m1/s1. The first kappa shape index (κ1) is 28.0. The minimum absolute atomic E-state index is 0.0891. The third-order valence-corrected chi connectivity index (χ3v) is 8.03. The molecule has 2 atom stereocenters. The fraction of sp³-hybridized carbons (Fsp3) is 0.250. The second-order valence-electron chi connectivity index (χ2n) is 10.4. The number of hydrogen-bond acceptors (Lipinski definition) is 4. The number of carbonyl (C=O) groups is 2. The zero-order valence-electron chi connectivity index (χ0n) is 23.5. The fourth-order valence-corrected chi connectivity index (χ4v) is 5.91. The molecule has 2 aromatic heterocycles. The van der Waals surface area contributed by atoms with E-state index in [4.69, 9.17) is 12.2 Å². The second kappa shape index (κ2) is 11.5. The molecule has 210 valence electrons. The molecule has 9 heteroatoms. The molecule has 3 heterocycles. The number of aryl methyl sites for hydroxylation is 3. The molecule has 1 aliphatic heterocycles. The zero-order valence-corrected chi connectivity index (χ0v) is 24.3. The van der Waals surface area contributed by atoms with Gasteiger partial charge in [-0.1, -0.05) is 30.3 Å². The normalized spacial score (nSPS) is 16.5. The number of para-hydroxylation sites is 1. The van der Waals surface area contributed by atoms with Crippen LogP contribution in [-0.2, 0) is 4.79 Å². The lowest BCUT2D eigenvalue weighted by atomic mass is 9.96. The summed E-state index contributed by atoms with van der Waals surface area (Å²) in [6.07, 6.45) is 2.01. The predicted octanol–water partition coefficient (Wildman–Crippen LogP) is 5.81. The largest absolute Gasteiger partial charge is 0.478 e. The smallest absolute Gasteiger partial charge is 0.335 e. The number of benzene rings is 2. The van der Waals surface area contributed by atoms with Crippen LogP contribution in [0.15, 0.2) is 72.9 Å². The molecule has 4 aromatic rings. The van der Waals surface area contributed by atoms with Crippen molar-refractivity contribution >= 4 is 34.9 Å². The molecule has 0 bridgehead atoms. The maximum atomic E-state index is 13.0. The highest BCUT2D eigenvalue weighted by Gasteiger charge is 2.41. The van der Waals surface area contributed by atoms with Gasteiger partial charge in [-0.3, -0.25) is 9.78 Å². The van der Waals surface area contributed by atoms with E-state index in [1.54, 1.807) is 18.3 Å². The van der Waals surface area contributed by atoms with E-state index in [9.17, 15) is 14.7 Å². The Labute approximate surface area is 245 Å². The minimum atomic E-state index is -0.968. The van der Waals surface area contributed by atoms with E-state index in [0.29, 0.717) is 11.7 Å². The van der Waals surface area contributed by atoms with Crippen LogP contribution >= 0.6 is 12.2 Å². The van der Waals surface area contributed by atoms with Gasteiger partial charge in [-0.2, -0.15) is 0 Å². The summed E-state index contributed by atoms with van der Waals surface area (Å²) in [7, 11) is 0. The van der Waals surface area contributed by atoms with E-state index in [-0.39, 0.29) is 30.0 Å². The van der Waals surface area contributed by atoms with Crippen molar-refractivity contribution in [3.05, 3.63) is 112 Å². The lowest BCUT2D eigenvalue weighted by Gasteiger charge is -2.28. The number of hydrogen-bond donors (Lipinski definition) is 3. The maximum absolute atomic E-state index is 13.0. The van der Waals surface area contributed by atoms with Gasteiger partial charge in [0, 0.05) is 41.9 Å². The average Bonchev–Trinajstić information content (AvgIpc) is 3.43. The summed E-state index contributed by atoms with van der Waals surface area (Å²) in [5.74, 6) is -1.06. The van der Waals surface area contributed by atoms with Crippen molar-refractivity contribution in [1.29, 1.82) is 0 Å². The molecule has 0 radical (unpaired) electrons. The highest BCUT2D eigenvalue weighted by Crippen LogP contribution is 2.41. The first-order valence-electron chi connectivity index (χ1n) is 13.5. The number of amides is 1. The van der Waals surface area contributed by atoms with Crippen LogP contribution in [0.1, 0.15) is 62.6 Å². The molecule has 0 saturated carbocycles. The van der Waals surface area contributed by atoms with Crippen molar-refractivity contribution in [2.24, 2.45) is 0 Å². The van der Waals surface area contributed by atoms with Crippen LogP contribution in [0.4, 0.5) is 5.69 Å². The fourth-order valence-electron chi connectivity index (χ4n) is 5.57. The molecule has 41 heavy (non-hydrogen) atoms. The van der Waals surface area contributed by atoms with Crippen molar-refractivity contribution in [2.45, 2.75) is 46.2 Å². The van der Waals surface area contributed by atoms with Crippen molar-refractivity contribution in [1.82, 2.24) is 19.8 Å². The Hall–Kier alpha value is -4.50. The third-order valence-electron chi connectivity index (χ3n) is 7.68. The van der Waals surface area contributed by atoms with Gasteiger partial charge in [0.2, 0.25) is 5.91 Å². The first-order chi connectivity index (χ1) is 19.7. The van der Waals surface area contributed by atoms with Crippen molar-refractivity contribution < 1.29 is 14.7 Å². The number of nitrogens with zero attached hydrogens (tertiary/aromatic N) is 3. The van der Waals surface area contributed by atoms with Crippen LogP contribution in [0.2, 0.25) is 0 Å². The SMILES string of the molecule is Cc1ccccc1NC(=O)CCN1C(=S)N[C@H](c2ccccn2)[C@@H]1c1cc(C)n(-c2cc(C(=O)O)ccc2C)c1C. The topological polar surface area (TPSA) is 99.5 Å². The van der Waals surface area contributed by atoms with Crippen LogP contribution in [0.25, 0.3) is 5.69 Å². The molecule has 5 rings (SSSR count). The van der Waals surface area contributed by atoms with E-state index in [2.05, 4.69) is 31.2 Å². The Morgan fingerprint density at radius 3 is 2.46 bits per heavy atom. The maximum Gasteiger partial charge on any atom is 0.335 e. The molecule has 8 nitrogen and oxygen atoms in total. The lowest BCUT2D eigenvalue weighted by Crippen LogP contribution is -2.33. The molecule has 0 aliphatic carbocycles. The molecule has 3 N–H and O–H groups in total. The molecule has 0 unspecified atom stereocenters. The molecule has 2 aromatic carbocycles. The Bertz CT molecular complexity index is 1630. The van der Waals surface area contributed by atoms with Gasteiger partial charge in [0.1, 0.15) is 0 Å². The number of aromatic nitrogens is 2. The van der Waals surface area contributed by atoms with Crippen LogP contribution in [0.3, 0.4) is 0 Å². The quantitative estimate of drug-likeness (QED) is 0.231. The van der Waals surface area contributed by atoms with E-state index in [0.717, 1.165) is 45.1 Å². The number of rotatable bonds is 8. The number of pyridine rings is 1. The van der Waals surface area contributed by atoms with Gasteiger partial charge in [0.15, 0.2) is 5.11 Å². The molecule has 1 saturated heterocycles. The number of carboxylic acid groups (broad SMARTS) is 1. The monoisotopic (exact) mass is 567 g/mol. The van der Waals surface area contributed by atoms with Gasteiger partial charge in [-0.05, 0) is 93.0 Å². The summed E-state index contributed by atoms with van der Waals surface area (Å²) in [5.41, 5.74) is 7.64. The predicted molar refractivity (Wildman–Crippen MR) is 164 cm³/mol. The van der Waals surface area contributed by atoms with E-state index in [1.807, 2.05) is 76.2 Å². The van der Waals surface area contributed by atoms with Crippen LogP contribution in [0, 0.1) is 27.7 Å². The van der Waals surface area contributed by atoms with Crippen LogP contribution in [-0.4, -0.2) is 43.1 Å². The first-order valence-corrected chi connectivity index (χ1v) is 13.9. The molecule has 1 amide bonds. The van der Waals surface area contributed by atoms with E-state index in [1.165, 1.54) is 0 Å². The molecule has 1 fully saturated rings. The Kier molecular flexibility index (Phi) is 7.90. The van der Waals surface area contributed by atoms with Crippen LogP contribution in [0.5, 0.6) is 0 Å². The third kappa shape index (κ3) is 5.58. The van der Waals surface area contributed by atoms with Gasteiger partial charge in [-0.25, -0.2) is 4.79 Å². The lowest BCUT2D eigenvalue weighted by molar-refractivity contribution is -0.116. The van der Waals surface area contributed by atoms with E-state index >= 15 is 0 Å². The summed E-state index contributed by atoms with van der Waals surface area (Å²) in [4.78, 5) is 31.4. The van der Waals surface area contributed by atoms with Gasteiger partial charge < -0.3 is 25.2 Å². The molecule has 0 spiro atoms. The minimum Gasteiger partial charge on any atom is -0.478 e. The number of aromatic carboxylic acids is 1. The number of thiocarbonyl (C=S) groups is 1.